The van der Waals surface area contributed by atoms with Crippen molar-refractivity contribution in [3.63, 3.8) is 0 Å². The molecule has 0 saturated carbocycles. The van der Waals surface area contributed by atoms with Crippen molar-refractivity contribution in [1.82, 2.24) is 5.32 Å². The molecule has 24 heavy (non-hydrogen) atoms. The summed E-state index contributed by atoms with van der Waals surface area (Å²) in [4.78, 5) is 11.8. The third kappa shape index (κ3) is 5.15. The van der Waals surface area contributed by atoms with Crippen LogP contribution in [0.15, 0.2) is 42.5 Å². The van der Waals surface area contributed by atoms with E-state index in [1.165, 1.54) is 6.07 Å². The number of ether oxygens (including phenoxy) is 3. The Morgan fingerprint density at radius 1 is 1.04 bits per heavy atom. The number of methoxy groups -OCH3 is 2. The van der Waals surface area contributed by atoms with Crippen LogP contribution in [0.5, 0.6) is 17.2 Å². The SMILES string of the molecule is COc1cc(OC)cc(OCCNC(=O)Cc2ccccc2F)c1. The van der Waals surface area contributed by atoms with Gasteiger partial charge in [0.1, 0.15) is 29.7 Å². The monoisotopic (exact) mass is 333 g/mol. The lowest BCUT2D eigenvalue weighted by Gasteiger charge is -2.11. The molecule has 0 radical (unpaired) electrons. The van der Waals surface area contributed by atoms with Crippen molar-refractivity contribution in [3.8, 4) is 17.2 Å². The lowest BCUT2D eigenvalue weighted by molar-refractivity contribution is -0.120. The topological polar surface area (TPSA) is 56.8 Å². The van der Waals surface area contributed by atoms with Gasteiger partial charge in [0.2, 0.25) is 5.91 Å². The Kier molecular flexibility index (Phi) is 6.42. The highest BCUT2D eigenvalue weighted by molar-refractivity contribution is 5.78. The molecule has 0 aliphatic heterocycles. The molecule has 0 atom stereocenters. The fourth-order valence-corrected chi connectivity index (χ4v) is 2.10. The smallest absolute Gasteiger partial charge is 0.224 e. The van der Waals surface area contributed by atoms with Crippen LogP contribution in [0, 0.1) is 5.82 Å². The van der Waals surface area contributed by atoms with Crippen molar-refractivity contribution in [1.29, 1.82) is 0 Å². The van der Waals surface area contributed by atoms with E-state index in [4.69, 9.17) is 14.2 Å². The first kappa shape index (κ1) is 17.6. The highest BCUT2D eigenvalue weighted by atomic mass is 19.1. The van der Waals surface area contributed by atoms with Gasteiger partial charge in [0, 0.05) is 18.2 Å². The number of hydrogen-bond acceptors (Lipinski definition) is 4. The molecule has 0 saturated heterocycles. The molecule has 0 aromatic heterocycles. The normalized spacial score (nSPS) is 10.1. The predicted octanol–water partition coefficient (Wildman–Crippen LogP) is 2.58. The number of carbonyl (C=O) groups is 1. The molecule has 0 aliphatic rings. The molecule has 6 heteroatoms. The largest absolute Gasteiger partial charge is 0.496 e. The first-order valence-corrected chi connectivity index (χ1v) is 7.48. The summed E-state index contributed by atoms with van der Waals surface area (Å²) in [5.74, 6) is 1.18. The maximum absolute atomic E-state index is 13.5. The first-order valence-electron chi connectivity index (χ1n) is 7.48. The van der Waals surface area contributed by atoms with E-state index in [0.717, 1.165) is 0 Å². The summed E-state index contributed by atoms with van der Waals surface area (Å²) in [6, 6.07) is 11.4. The van der Waals surface area contributed by atoms with Crippen LogP contribution >= 0.6 is 0 Å². The maximum Gasteiger partial charge on any atom is 0.224 e. The molecule has 0 fully saturated rings. The molecular weight excluding hydrogens is 313 g/mol. The number of carbonyl (C=O) groups excluding carboxylic acids is 1. The van der Waals surface area contributed by atoms with Gasteiger partial charge in [-0.05, 0) is 11.6 Å². The van der Waals surface area contributed by atoms with Crippen molar-refractivity contribution in [2.24, 2.45) is 0 Å². The molecule has 2 rings (SSSR count). The molecule has 0 spiro atoms. The fourth-order valence-electron chi connectivity index (χ4n) is 2.10. The number of nitrogens with one attached hydrogen (secondary N) is 1. The highest BCUT2D eigenvalue weighted by Gasteiger charge is 2.07. The van der Waals surface area contributed by atoms with Crippen LogP contribution in [-0.4, -0.2) is 33.3 Å². The third-order valence-corrected chi connectivity index (χ3v) is 3.33. The molecular formula is C18H20FNO4. The van der Waals surface area contributed by atoms with E-state index in [1.54, 1.807) is 50.6 Å². The van der Waals surface area contributed by atoms with Crippen LogP contribution in [0.4, 0.5) is 4.39 Å². The van der Waals surface area contributed by atoms with Gasteiger partial charge in [-0.2, -0.15) is 0 Å². The van der Waals surface area contributed by atoms with Crippen molar-refractivity contribution >= 4 is 5.91 Å². The van der Waals surface area contributed by atoms with E-state index in [9.17, 15) is 9.18 Å². The summed E-state index contributed by atoms with van der Waals surface area (Å²) in [5, 5.41) is 2.69. The second kappa shape index (κ2) is 8.76. The van der Waals surface area contributed by atoms with Crippen molar-refractivity contribution in [3.05, 3.63) is 53.8 Å². The quantitative estimate of drug-likeness (QED) is 0.755. The summed E-state index contributed by atoms with van der Waals surface area (Å²) in [6.45, 7) is 0.589. The number of benzene rings is 2. The van der Waals surface area contributed by atoms with Gasteiger partial charge in [-0.15, -0.1) is 0 Å². The second-order valence-corrected chi connectivity index (χ2v) is 5.01. The molecule has 5 nitrogen and oxygen atoms in total. The standard InChI is InChI=1S/C18H20FNO4/c1-22-14-10-15(23-2)12-16(11-14)24-8-7-20-18(21)9-13-5-3-4-6-17(13)19/h3-6,10-12H,7-9H2,1-2H3,(H,20,21). The van der Waals surface area contributed by atoms with Crippen molar-refractivity contribution < 1.29 is 23.4 Å². The Morgan fingerprint density at radius 3 is 2.29 bits per heavy atom. The number of hydrogen-bond donors (Lipinski definition) is 1. The van der Waals surface area contributed by atoms with Gasteiger partial charge < -0.3 is 19.5 Å². The Balaban J connectivity index is 1.78. The van der Waals surface area contributed by atoms with Gasteiger partial charge in [-0.3, -0.25) is 4.79 Å². The Labute approximate surface area is 140 Å². The number of halogens is 1. The first-order chi connectivity index (χ1) is 11.6. The zero-order valence-electron chi connectivity index (χ0n) is 13.7. The molecule has 1 N–H and O–H groups in total. The molecule has 0 heterocycles. The maximum atomic E-state index is 13.5. The van der Waals surface area contributed by atoms with Gasteiger partial charge in [0.15, 0.2) is 0 Å². The van der Waals surface area contributed by atoms with E-state index in [1.807, 2.05) is 0 Å². The lowest BCUT2D eigenvalue weighted by atomic mass is 10.1. The van der Waals surface area contributed by atoms with Gasteiger partial charge >= 0.3 is 0 Å². The summed E-state index contributed by atoms with van der Waals surface area (Å²) in [7, 11) is 3.11. The minimum Gasteiger partial charge on any atom is -0.496 e. The van der Waals surface area contributed by atoms with Crippen LogP contribution in [0.1, 0.15) is 5.56 Å². The van der Waals surface area contributed by atoms with Crippen LogP contribution in [-0.2, 0) is 11.2 Å². The molecule has 1 amide bonds. The zero-order chi connectivity index (χ0) is 17.4. The molecule has 0 bridgehead atoms. The Hall–Kier alpha value is -2.76. The van der Waals surface area contributed by atoms with Crippen LogP contribution in [0.2, 0.25) is 0 Å². The Bertz CT molecular complexity index is 668. The van der Waals surface area contributed by atoms with Gasteiger partial charge in [-0.25, -0.2) is 4.39 Å². The highest BCUT2D eigenvalue weighted by Crippen LogP contribution is 2.27. The van der Waals surface area contributed by atoms with Gasteiger partial charge in [-0.1, -0.05) is 18.2 Å². The third-order valence-electron chi connectivity index (χ3n) is 3.33. The zero-order valence-corrected chi connectivity index (χ0v) is 13.7. The number of amides is 1. The minimum atomic E-state index is -0.382. The van der Waals surface area contributed by atoms with E-state index in [0.29, 0.717) is 29.4 Å². The molecule has 128 valence electrons. The van der Waals surface area contributed by atoms with E-state index in [2.05, 4.69) is 5.32 Å². The second-order valence-electron chi connectivity index (χ2n) is 5.01. The lowest BCUT2D eigenvalue weighted by Crippen LogP contribution is -2.29. The van der Waals surface area contributed by atoms with E-state index in [-0.39, 0.29) is 24.8 Å². The summed E-state index contributed by atoms with van der Waals surface area (Å²) < 4.78 is 29.3. The van der Waals surface area contributed by atoms with Crippen LogP contribution in [0.25, 0.3) is 0 Å². The van der Waals surface area contributed by atoms with E-state index >= 15 is 0 Å². The van der Waals surface area contributed by atoms with Gasteiger partial charge in [0.05, 0.1) is 27.2 Å². The minimum absolute atomic E-state index is 0.000341. The predicted molar refractivity (Wildman–Crippen MR) is 88.2 cm³/mol. The molecule has 0 unspecified atom stereocenters. The average molecular weight is 333 g/mol. The average Bonchev–Trinajstić information content (AvgIpc) is 2.60. The summed E-state index contributed by atoms with van der Waals surface area (Å²) >= 11 is 0. The fraction of sp³-hybridized carbons (Fsp3) is 0.278. The molecule has 2 aromatic carbocycles. The van der Waals surface area contributed by atoms with Crippen LogP contribution in [0.3, 0.4) is 0 Å². The Morgan fingerprint density at radius 2 is 1.67 bits per heavy atom. The molecule has 0 aliphatic carbocycles. The summed E-state index contributed by atoms with van der Waals surface area (Å²) in [6.07, 6.45) is -0.000341. The summed E-state index contributed by atoms with van der Waals surface area (Å²) in [5.41, 5.74) is 0.369. The molecule has 2 aromatic rings. The van der Waals surface area contributed by atoms with E-state index < -0.39 is 0 Å². The van der Waals surface area contributed by atoms with Crippen LogP contribution < -0.4 is 19.5 Å². The van der Waals surface area contributed by atoms with Crippen molar-refractivity contribution in [2.45, 2.75) is 6.42 Å². The number of rotatable bonds is 8. The van der Waals surface area contributed by atoms with Gasteiger partial charge in [0.25, 0.3) is 0 Å². The van der Waals surface area contributed by atoms with Crippen molar-refractivity contribution in [2.75, 3.05) is 27.4 Å².